The summed E-state index contributed by atoms with van der Waals surface area (Å²) in [5.74, 6) is 0.856. The van der Waals surface area contributed by atoms with Gasteiger partial charge in [-0.3, -0.25) is 4.79 Å². The molecule has 1 aliphatic carbocycles. The second kappa shape index (κ2) is 5.54. The predicted molar refractivity (Wildman–Crippen MR) is 70.3 cm³/mol. The van der Waals surface area contributed by atoms with Gasteiger partial charge >= 0.3 is 0 Å². The van der Waals surface area contributed by atoms with Gasteiger partial charge in [-0.2, -0.15) is 0 Å². The zero-order valence-corrected chi connectivity index (χ0v) is 10.7. The first-order valence-corrected chi connectivity index (χ1v) is 6.43. The SMILES string of the molecule is CNC1(CO)CCC(C(=O)Nc2ccc[nH]2)CC1. The van der Waals surface area contributed by atoms with Crippen LogP contribution in [0.1, 0.15) is 25.7 Å². The van der Waals surface area contributed by atoms with E-state index in [0.29, 0.717) is 0 Å². The topological polar surface area (TPSA) is 77.2 Å². The summed E-state index contributed by atoms with van der Waals surface area (Å²) in [6, 6.07) is 3.70. The number of amides is 1. The third-order valence-electron chi connectivity index (χ3n) is 4.00. The van der Waals surface area contributed by atoms with E-state index >= 15 is 0 Å². The van der Waals surface area contributed by atoms with E-state index in [9.17, 15) is 9.90 Å². The molecule has 0 aliphatic heterocycles. The lowest BCUT2D eigenvalue weighted by Gasteiger charge is -2.38. The van der Waals surface area contributed by atoms with Gasteiger partial charge < -0.3 is 20.7 Å². The Morgan fingerprint density at radius 3 is 2.78 bits per heavy atom. The molecule has 1 saturated carbocycles. The highest BCUT2D eigenvalue weighted by molar-refractivity contribution is 5.91. The van der Waals surface area contributed by atoms with Gasteiger partial charge in [0.25, 0.3) is 0 Å². The number of aliphatic hydroxyl groups is 1. The minimum atomic E-state index is -0.191. The molecule has 0 spiro atoms. The van der Waals surface area contributed by atoms with Crippen molar-refractivity contribution >= 4 is 11.7 Å². The molecule has 1 aromatic heterocycles. The van der Waals surface area contributed by atoms with Gasteiger partial charge in [-0.1, -0.05) is 0 Å². The molecule has 18 heavy (non-hydrogen) atoms. The molecule has 2 rings (SSSR count). The lowest BCUT2D eigenvalue weighted by atomic mass is 9.76. The average molecular weight is 251 g/mol. The molecule has 5 nitrogen and oxygen atoms in total. The first-order chi connectivity index (χ1) is 8.69. The molecule has 1 aliphatic rings. The zero-order valence-electron chi connectivity index (χ0n) is 10.7. The summed E-state index contributed by atoms with van der Waals surface area (Å²) >= 11 is 0. The normalized spacial score (nSPS) is 28.0. The second-order valence-corrected chi connectivity index (χ2v) is 5.04. The number of aliphatic hydroxyl groups excluding tert-OH is 1. The first-order valence-electron chi connectivity index (χ1n) is 6.43. The number of aromatic nitrogens is 1. The Balaban J connectivity index is 1.87. The van der Waals surface area contributed by atoms with Crippen molar-refractivity contribution in [3.63, 3.8) is 0 Å². The molecule has 0 saturated heterocycles. The molecular formula is C13H21N3O2. The van der Waals surface area contributed by atoms with E-state index in [1.807, 2.05) is 19.2 Å². The summed E-state index contributed by atoms with van der Waals surface area (Å²) in [5, 5.41) is 15.5. The van der Waals surface area contributed by atoms with Crippen molar-refractivity contribution in [1.29, 1.82) is 0 Å². The van der Waals surface area contributed by atoms with Gasteiger partial charge in [0.15, 0.2) is 0 Å². The molecule has 100 valence electrons. The lowest BCUT2D eigenvalue weighted by molar-refractivity contribution is -0.121. The van der Waals surface area contributed by atoms with Crippen molar-refractivity contribution in [2.75, 3.05) is 19.0 Å². The molecular weight excluding hydrogens is 230 g/mol. The Kier molecular flexibility index (Phi) is 4.04. The van der Waals surface area contributed by atoms with Gasteiger partial charge in [-0.25, -0.2) is 0 Å². The zero-order chi connectivity index (χ0) is 13.0. The van der Waals surface area contributed by atoms with Gasteiger partial charge in [0.1, 0.15) is 5.82 Å². The van der Waals surface area contributed by atoms with E-state index in [-0.39, 0.29) is 24.0 Å². The first kappa shape index (κ1) is 13.1. The number of rotatable bonds is 4. The van der Waals surface area contributed by atoms with Crippen molar-refractivity contribution in [3.8, 4) is 0 Å². The van der Waals surface area contributed by atoms with E-state index in [1.165, 1.54) is 0 Å². The molecule has 1 amide bonds. The van der Waals surface area contributed by atoms with Crippen molar-refractivity contribution < 1.29 is 9.90 Å². The molecule has 0 radical (unpaired) electrons. The monoisotopic (exact) mass is 251 g/mol. The van der Waals surface area contributed by atoms with Crippen LogP contribution in [0.2, 0.25) is 0 Å². The van der Waals surface area contributed by atoms with Crippen molar-refractivity contribution in [1.82, 2.24) is 10.3 Å². The second-order valence-electron chi connectivity index (χ2n) is 5.04. The summed E-state index contributed by atoms with van der Waals surface area (Å²) < 4.78 is 0. The van der Waals surface area contributed by atoms with Crippen LogP contribution in [0.25, 0.3) is 0 Å². The number of aromatic amines is 1. The maximum atomic E-state index is 12.0. The molecule has 0 aromatic carbocycles. The Labute approximate surface area is 107 Å². The molecule has 1 aromatic rings. The largest absolute Gasteiger partial charge is 0.394 e. The van der Waals surface area contributed by atoms with Crippen LogP contribution in [0.4, 0.5) is 5.82 Å². The Hall–Kier alpha value is -1.33. The number of H-pyrrole nitrogens is 1. The summed E-state index contributed by atoms with van der Waals surface area (Å²) in [6.07, 6.45) is 5.09. The Morgan fingerprint density at radius 2 is 2.28 bits per heavy atom. The number of carbonyl (C=O) groups excluding carboxylic acids is 1. The fourth-order valence-electron chi connectivity index (χ4n) is 2.56. The highest BCUT2D eigenvalue weighted by Crippen LogP contribution is 2.32. The standard InChI is InChI=1S/C13H21N3O2/c1-14-13(9-17)6-4-10(5-7-13)12(18)16-11-3-2-8-15-11/h2-3,8,10,14-15,17H,4-7,9H2,1H3,(H,16,18). The molecule has 1 fully saturated rings. The van der Waals surface area contributed by atoms with E-state index in [4.69, 9.17) is 0 Å². The fourth-order valence-corrected chi connectivity index (χ4v) is 2.56. The molecule has 1 heterocycles. The van der Waals surface area contributed by atoms with Gasteiger partial charge in [0.05, 0.1) is 6.61 Å². The number of hydrogen-bond donors (Lipinski definition) is 4. The van der Waals surface area contributed by atoms with Gasteiger partial charge in [-0.15, -0.1) is 0 Å². The fraction of sp³-hybridized carbons (Fsp3) is 0.615. The van der Waals surface area contributed by atoms with Crippen molar-refractivity contribution in [3.05, 3.63) is 18.3 Å². The van der Waals surface area contributed by atoms with E-state index < -0.39 is 0 Å². The lowest BCUT2D eigenvalue weighted by Crippen LogP contribution is -2.50. The van der Waals surface area contributed by atoms with E-state index in [0.717, 1.165) is 31.5 Å². The van der Waals surface area contributed by atoms with Crippen molar-refractivity contribution in [2.24, 2.45) is 5.92 Å². The smallest absolute Gasteiger partial charge is 0.228 e. The van der Waals surface area contributed by atoms with Crippen LogP contribution in [0.3, 0.4) is 0 Å². The predicted octanol–water partition coefficient (Wildman–Crippen LogP) is 1.09. The summed E-state index contributed by atoms with van der Waals surface area (Å²) in [6.45, 7) is 0.133. The Morgan fingerprint density at radius 1 is 1.56 bits per heavy atom. The minimum absolute atomic E-state index is 0.0429. The van der Waals surface area contributed by atoms with E-state index in [2.05, 4.69) is 15.6 Å². The third-order valence-corrected chi connectivity index (χ3v) is 4.00. The van der Waals surface area contributed by atoms with Crippen LogP contribution in [0.15, 0.2) is 18.3 Å². The van der Waals surface area contributed by atoms with E-state index in [1.54, 1.807) is 6.20 Å². The summed E-state index contributed by atoms with van der Waals surface area (Å²) in [7, 11) is 1.87. The highest BCUT2D eigenvalue weighted by Gasteiger charge is 2.35. The van der Waals surface area contributed by atoms with Crippen LogP contribution < -0.4 is 10.6 Å². The number of hydrogen-bond acceptors (Lipinski definition) is 3. The molecule has 4 N–H and O–H groups in total. The third kappa shape index (κ3) is 2.73. The summed E-state index contributed by atoms with van der Waals surface area (Å²) in [5.41, 5.74) is -0.191. The number of anilines is 1. The van der Waals surface area contributed by atoms with Gasteiger partial charge in [-0.05, 0) is 44.9 Å². The van der Waals surface area contributed by atoms with Crippen molar-refractivity contribution in [2.45, 2.75) is 31.2 Å². The van der Waals surface area contributed by atoms with Crippen LogP contribution in [0.5, 0.6) is 0 Å². The quantitative estimate of drug-likeness (QED) is 0.647. The molecule has 0 atom stereocenters. The molecule has 5 heteroatoms. The van der Waals surface area contributed by atoms with Crippen LogP contribution in [-0.2, 0) is 4.79 Å². The number of nitrogens with one attached hydrogen (secondary N) is 3. The Bertz CT molecular complexity index is 375. The van der Waals surface area contributed by atoms with Crippen LogP contribution >= 0.6 is 0 Å². The average Bonchev–Trinajstić information content (AvgIpc) is 2.91. The minimum Gasteiger partial charge on any atom is -0.394 e. The summed E-state index contributed by atoms with van der Waals surface area (Å²) in [4.78, 5) is 15.0. The number of carbonyl (C=O) groups is 1. The van der Waals surface area contributed by atoms with Crippen LogP contribution in [0, 0.1) is 5.92 Å². The number of likely N-dealkylation sites (N-methyl/N-ethyl adjacent to an activating group) is 1. The maximum Gasteiger partial charge on any atom is 0.228 e. The highest BCUT2D eigenvalue weighted by atomic mass is 16.3. The molecule has 0 unspecified atom stereocenters. The van der Waals surface area contributed by atoms with Gasteiger partial charge in [0, 0.05) is 17.7 Å². The van der Waals surface area contributed by atoms with Gasteiger partial charge in [0.2, 0.25) is 5.91 Å². The maximum absolute atomic E-state index is 12.0. The molecule has 0 bridgehead atoms. The van der Waals surface area contributed by atoms with Crippen LogP contribution in [-0.4, -0.2) is 35.2 Å².